The second-order valence-electron chi connectivity index (χ2n) is 8.93. The van der Waals surface area contributed by atoms with E-state index in [-0.39, 0.29) is 5.41 Å². The summed E-state index contributed by atoms with van der Waals surface area (Å²) in [7, 11) is 1.92. The van der Waals surface area contributed by atoms with E-state index in [0.29, 0.717) is 6.54 Å². The number of fused-ring (bicyclic) bond motifs is 1. The van der Waals surface area contributed by atoms with Crippen molar-refractivity contribution in [1.82, 2.24) is 34.7 Å². The van der Waals surface area contributed by atoms with Crippen molar-refractivity contribution in [2.45, 2.75) is 32.7 Å². The Morgan fingerprint density at radius 1 is 1.00 bits per heavy atom. The maximum Gasteiger partial charge on any atom is 0.138 e. The molecule has 5 rings (SSSR count). The number of pyridine rings is 1. The molecule has 5 aromatic rings. The zero-order valence-electron chi connectivity index (χ0n) is 18.2. The van der Waals surface area contributed by atoms with E-state index >= 15 is 0 Å². The molecule has 7 nitrogen and oxygen atoms in total. The summed E-state index contributed by atoms with van der Waals surface area (Å²) >= 11 is 0. The average Bonchev–Trinajstić information content (AvgIpc) is 3.45. The molecular formula is C24H25N7. The predicted octanol–water partition coefficient (Wildman–Crippen LogP) is 4.57. The molecule has 1 N–H and O–H groups in total. The van der Waals surface area contributed by atoms with Crippen molar-refractivity contribution in [1.29, 1.82) is 0 Å². The van der Waals surface area contributed by atoms with Gasteiger partial charge >= 0.3 is 0 Å². The van der Waals surface area contributed by atoms with Crippen LogP contribution in [0.15, 0.2) is 61.2 Å². The summed E-state index contributed by atoms with van der Waals surface area (Å²) in [5.74, 6) is 0. The van der Waals surface area contributed by atoms with E-state index in [1.54, 1.807) is 4.68 Å². The molecule has 31 heavy (non-hydrogen) atoms. The summed E-state index contributed by atoms with van der Waals surface area (Å²) in [5, 5.41) is 14.3. The first kappa shape index (κ1) is 19.2. The molecule has 0 saturated carbocycles. The lowest BCUT2D eigenvalue weighted by atomic mass is 9.88. The minimum atomic E-state index is -0.103. The Morgan fingerprint density at radius 3 is 2.52 bits per heavy atom. The molecule has 0 radical (unpaired) electrons. The van der Waals surface area contributed by atoms with Gasteiger partial charge in [0.2, 0.25) is 0 Å². The van der Waals surface area contributed by atoms with E-state index in [2.05, 4.69) is 59.4 Å². The van der Waals surface area contributed by atoms with Gasteiger partial charge in [-0.3, -0.25) is 4.68 Å². The fourth-order valence-electron chi connectivity index (χ4n) is 3.89. The lowest BCUT2D eigenvalue weighted by Crippen LogP contribution is -2.13. The first-order chi connectivity index (χ1) is 14.9. The molecule has 0 spiro atoms. The van der Waals surface area contributed by atoms with Crippen LogP contribution in [0.1, 0.15) is 32.0 Å². The van der Waals surface area contributed by atoms with Crippen molar-refractivity contribution in [2.75, 3.05) is 0 Å². The van der Waals surface area contributed by atoms with Gasteiger partial charge in [-0.25, -0.2) is 9.67 Å². The van der Waals surface area contributed by atoms with Crippen LogP contribution in [0.5, 0.6) is 0 Å². The van der Waals surface area contributed by atoms with Gasteiger partial charge in [0.15, 0.2) is 0 Å². The molecule has 4 aromatic heterocycles. The number of nitrogens with zero attached hydrogens (tertiary/aromatic N) is 6. The summed E-state index contributed by atoms with van der Waals surface area (Å²) in [6.45, 7) is 7.26. The van der Waals surface area contributed by atoms with Crippen molar-refractivity contribution in [3.8, 4) is 22.4 Å². The molecule has 0 bridgehead atoms. The SMILES string of the molecule is Cn1cc(-c2cnc3[nH]c(C(C)(C)C)c(-c4cn(Cc5ccccc5)nn4)c3c2)cn1. The van der Waals surface area contributed by atoms with E-state index in [9.17, 15) is 0 Å². The number of aromatic nitrogens is 7. The number of nitrogens with one attached hydrogen (secondary N) is 1. The fourth-order valence-corrected chi connectivity index (χ4v) is 3.89. The minimum Gasteiger partial charge on any atom is -0.342 e. The highest BCUT2D eigenvalue weighted by Gasteiger charge is 2.26. The molecule has 0 fully saturated rings. The van der Waals surface area contributed by atoms with Crippen molar-refractivity contribution >= 4 is 11.0 Å². The highest BCUT2D eigenvalue weighted by molar-refractivity contribution is 5.97. The maximum absolute atomic E-state index is 4.71. The molecule has 0 amide bonds. The Kier molecular flexibility index (Phi) is 4.46. The third-order valence-corrected chi connectivity index (χ3v) is 5.42. The lowest BCUT2D eigenvalue weighted by Gasteiger charge is -2.18. The normalized spacial score (nSPS) is 12.0. The summed E-state index contributed by atoms with van der Waals surface area (Å²) in [5.41, 5.74) is 7.00. The van der Waals surface area contributed by atoms with E-state index < -0.39 is 0 Å². The van der Waals surface area contributed by atoms with Crippen LogP contribution in [-0.4, -0.2) is 34.7 Å². The van der Waals surface area contributed by atoms with Crippen LogP contribution in [0.4, 0.5) is 0 Å². The van der Waals surface area contributed by atoms with E-state index in [4.69, 9.17) is 4.98 Å². The molecule has 4 heterocycles. The number of aryl methyl sites for hydroxylation is 1. The summed E-state index contributed by atoms with van der Waals surface area (Å²) in [4.78, 5) is 8.25. The van der Waals surface area contributed by atoms with Crippen molar-refractivity contribution in [3.63, 3.8) is 0 Å². The molecule has 0 aliphatic carbocycles. The molecule has 0 saturated heterocycles. The maximum atomic E-state index is 4.71. The Bertz CT molecular complexity index is 1350. The van der Waals surface area contributed by atoms with Crippen LogP contribution in [0.2, 0.25) is 0 Å². The molecule has 0 aliphatic rings. The zero-order chi connectivity index (χ0) is 21.6. The summed E-state index contributed by atoms with van der Waals surface area (Å²) in [6, 6.07) is 12.4. The number of H-pyrrole nitrogens is 1. The van der Waals surface area contributed by atoms with Gasteiger partial charge < -0.3 is 4.98 Å². The highest BCUT2D eigenvalue weighted by atomic mass is 15.4. The quantitative estimate of drug-likeness (QED) is 0.470. The molecule has 0 unspecified atom stereocenters. The third-order valence-electron chi connectivity index (χ3n) is 5.42. The van der Waals surface area contributed by atoms with Crippen molar-refractivity contribution < 1.29 is 0 Å². The van der Waals surface area contributed by atoms with E-state index in [0.717, 1.165) is 39.1 Å². The first-order valence-corrected chi connectivity index (χ1v) is 10.3. The molecular weight excluding hydrogens is 386 g/mol. The highest BCUT2D eigenvalue weighted by Crippen LogP contribution is 2.38. The number of hydrogen-bond acceptors (Lipinski definition) is 4. The number of hydrogen-bond donors (Lipinski definition) is 1. The molecule has 0 atom stereocenters. The second-order valence-corrected chi connectivity index (χ2v) is 8.93. The monoisotopic (exact) mass is 411 g/mol. The second kappa shape index (κ2) is 7.19. The van der Waals surface area contributed by atoms with Gasteiger partial charge in [0, 0.05) is 52.6 Å². The first-order valence-electron chi connectivity index (χ1n) is 10.3. The summed E-state index contributed by atoms with van der Waals surface area (Å²) in [6.07, 6.45) is 7.76. The van der Waals surface area contributed by atoms with E-state index in [1.165, 1.54) is 5.56 Å². The number of aromatic amines is 1. The van der Waals surface area contributed by atoms with Gasteiger partial charge in [-0.1, -0.05) is 56.3 Å². The van der Waals surface area contributed by atoms with E-state index in [1.807, 2.05) is 54.7 Å². The molecule has 1 aromatic carbocycles. The topological polar surface area (TPSA) is 77.2 Å². The Hall–Kier alpha value is -3.74. The van der Waals surface area contributed by atoms with Crippen LogP contribution >= 0.6 is 0 Å². The van der Waals surface area contributed by atoms with Crippen LogP contribution in [0, 0.1) is 0 Å². The lowest BCUT2D eigenvalue weighted by molar-refractivity contribution is 0.575. The Morgan fingerprint density at radius 2 is 1.81 bits per heavy atom. The van der Waals surface area contributed by atoms with Gasteiger partial charge in [0.05, 0.1) is 18.9 Å². The van der Waals surface area contributed by atoms with Gasteiger partial charge in [-0.05, 0) is 11.6 Å². The third kappa shape index (κ3) is 3.63. The Labute approximate surface area is 180 Å². The van der Waals surface area contributed by atoms with Gasteiger partial charge in [-0.2, -0.15) is 5.10 Å². The predicted molar refractivity (Wildman–Crippen MR) is 122 cm³/mol. The van der Waals surface area contributed by atoms with Crippen molar-refractivity contribution in [2.24, 2.45) is 7.05 Å². The largest absolute Gasteiger partial charge is 0.342 e. The number of benzene rings is 1. The smallest absolute Gasteiger partial charge is 0.138 e. The number of rotatable bonds is 4. The molecule has 0 aliphatic heterocycles. The van der Waals surface area contributed by atoms with Crippen LogP contribution in [0.25, 0.3) is 33.4 Å². The fraction of sp³-hybridized carbons (Fsp3) is 0.250. The van der Waals surface area contributed by atoms with Crippen LogP contribution < -0.4 is 0 Å². The molecule has 156 valence electrons. The molecule has 7 heteroatoms. The van der Waals surface area contributed by atoms with Gasteiger partial charge in [-0.15, -0.1) is 5.10 Å². The van der Waals surface area contributed by atoms with Gasteiger partial charge in [0.25, 0.3) is 0 Å². The average molecular weight is 412 g/mol. The summed E-state index contributed by atoms with van der Waals surface area (Å²) < 4.78 is 3.68. The van der Waals surface area contributed by atoms with Gasteiger partial charge in [0.1, 0.15) is 11.3 Å². The van der Waals surface area contributed by atoms with Crippen molar-refractivity contribution in [3.05, 3.63) is 72.4 Å². The Balaban J connectivity index is 1.64. The standard InChI is InChI=1S/C24H25N7/c1-24(2,3)22-21(20-15-31(29-28-20)13-16-8-6-5-7-9-16)19-10-17(11-25-23(19)27-22)18-12-26-30(4)14-18/h5-12,14-15H,13H2,1-4H3,(H,25,27). The van der Waals surface area contributed by atoms with Crippen LogP contribution in [0.3, 0.4) is 0 Å². The minimum absolute atomic E-state index is 0.103. The zero-order valence-corrected chi connectivity index (χ0v) is 18.2. The van der Waals surface area contributed by atoms with Crippen LogP contribution in [-0.2, 0) is 19.0 Å².